The highest BCUT2D eigenvalue weighted by Gasteiger charge is 2.13. The number of carbonyl (C=O) groups is 1. The number of aromatic nitrogens is 3. The van der Waals surface area contributed by atoms with E-state index < -0.39 is 0 Å². The van der Waals surface area contributed by atoms with Crippen LogP contribution in [0.15, 0.2) is 70.8 Å². The summed E-state index contributed by atoms with van der Waals surface area (Å²) in [7, 11) is 0. The number of allylic oxidation sites excluding steroid dienone is 1. The molecule has 1 heterocycles. The van der Waals surface area contributed by atoms with Crippen LogP contribution in [0.3, 0.4) is 0 Å². The van der Waals surface area contributed by atoms with Crippen molar-refractivity contribution in [3.63, 3.8) is 0 Å². The maximum absolute atomic E-state index is 12.1. The summed E-state index contributed by atoms with van der Waals surface area (Å²) in [6.45, 7) is 4.34. The number of benzene rings is 2. The first-order valence-electron chi connectivity index (χ1n) is 8.55. The Labute approximate surface area is 181 Å². The van der Waals surface area contributed by atoms with Crippen LogP contribution in [0.5, 0.6) is 0 Å². The smallest absolute Gasteiger partial charge is 0.225 e. The van der Waals surface area contributed by atoms with Gasteiger partial charge in [0.15, 0.2) is 5.82 Å². The maximum Gasteiger partial charge on any atom is 0.225 e. The largest absolute Gasteiger partial charge is 0.325 e. The van der Waals surface area contributed by atoms with Crippen LogP contribution >= 0.6 is 39.3 Å². The highest BCUT2D eigenvalue weighted by molar-refractivity contribution is 9.10. The minimum atomic E-state index is -0.0979. The number of rotatable bonds is 8. The molecule has 0 saturated heterocycles. The minimum absolute atomic E-state index is 0.0979. The van der Waals surface area contributed by atoms with E-state index in [-0.39, 0.29) is 5.91 Å². The molecule has 0 fully saturated rings. The van der Waals surface area contributed by atoms with Crippen LogP contribution in [0.4, 0.5) is 5.69 Å². The Morgan fingerprint density at radius 2 is 2.00 bits per heavy atom. The van der Waals surface area contributed by atoms with Crippen molar-refractivity contribution in [3.05, 3.63) is 70.7 Å². The summed E-state index contributed by atoms with van der Waals surface area (Å²) in [4.78, 5) is 16.8. The Bertz CT molecular complexity index is 975. The summed E-state index contributed by atoms with van der Waals surface area (Å²) >= 11 is 10.9. The second kappa shape index (κ2) is 9.91. The number of nitrogens with zero attached hydrogens (tertiary/aromatic N) is 3. The highest BCUT2D eigenvalue weighted by Crippen LogP contribution is 2.25. The summed E-state index contributed by atoms with van der Waals surface area (Å²) in [6.07, 6.45) is 2.11. The molecule has 3 rings (SSSR count). The van der Waals surface area contributed by atoms with Gasteiger partial charge in [0.05, 0.1) is 17.3 Å². The number of nitrogens with one attached hydrogen (secondary N) is 1. The van der Waals surface area contributed by atoms with Gasteiger partial charge in [0.25, 0.3) is 0 Å². The number of anilines is 1. The van der Waals surface area contributed by atoms with Gasteiger partial charge in [-0.3, -0.25) is 4.79 Å². The van der Waals surface area contributed by atoms with Crippen molar-refractivity contribution < 1.29 is 4.79 Å². The predicted octanol–water partition coefficient (Wildman–Crippen LogP) is 5.67. The first-order valence-corrected chi connectivity index (χ1v) is 10.7. The van der Waals surface area contributed by atoms with E-state index in [1.54, 1.807) is 18.2 Å². The van der Waals surface area contributed by atoms with Gasteiger partial charge in [0, 0.05) is 22.2 Å². The molecule has 8 heteroatoms. The summed E-state index contributed by atoms with van der Waals surface area (Å²) < 4.78 is 2.81. The van der Waals surface area contributed by atoms with E-state index in [1.807, 2.05) is 41.1 Å². The Kier molecular flexibility index (Phi) is 7.30. The zero-order valence-electron chi connectivity index (χ0n) is 14.9. The van der Waals surface area contributed by atoms with Crippen LogP contribution in [0, 0.1) is 0 Å². The molecule has 0 bridgehead atoms. The molecule has 28 heavy (non-hydrogen) atoms. The van der Waals surface area contributed by atoms with Crippen molar-refractivity contribution in [2.24, 2.45) is 0 Å². The number of halogens is 2. The monoisotopic (exact) mass is 476 g/mol. The van der Waals surface area contributed by atoms with Crippen molar-refractivity contribution in [2.75, 3.05) is 11.1 Å². The van der Waals surface area contributed by atoms with Gasteiger partial charge in [0.2, 0.25) is 11.1 Å². The van der Waals surface area contributed by atoms with Crippen molar-refractivity contribution in [2.45, 2.75) is 18.1 Å². The second-order valence-electron chi connectivity index (χ2n) is 5.82. The maximum atomic E-state index is 12.1. The molecular formula is C20H18BrClN4OS. The second-order valence-corrected chi connectivity index (χ2v) is 8.21. The number of para-hydroxylation sites is 1. The summed E-state index contributed by atoms with van der Waals surface area (Å²) in [5.41, 5.74) is 1.59. The number of hydrogen-bond acceptors (Lipinski definition) is 4. The van der Waals surface area contributed by atoms with Gasteiger partial charge in [-0.15, -0.1) is 11.7 Å². The molecular weight excluding hydrogens is 460 g/mol. The molecule has 5 nitrogen and oxygen atoms in total. The lowest BCUT2D eigenvalue weighted by Gasteiger charge is -2.06. The lowest BCUT2D eigenvalue weighted by molar-refractivity contribution is -0.115. The topological polar surface area (TPSA) is 59.8 Å². The highest BCUT2D eigenvalue weighted by atomic mass is 79.9. The first kappa shape index (κ1) is 20.6. The molecule has 0 aliphatic carbocycles. The fourth-order valence-electron chi connectivity index (χ4n) is 2.45. The molecule has 0 saturated carbocycles. The quantitative estimate of drug-likeness (QED) is 0.335. The third kappa shape index (κ3) is 5.47. The molecule has 2 aromatic carbocycles. The number of thioether (sulfide) groups is 1. The molecule has 0 aliphatic heterocycles. The number of amides is 1. The standard InChI is InChI=1S/C20H18BrClN4OS/c1-2-12-26-19(14-7-9-15(21)10-8-14)24-20(25-26)28-13-11-18(27)23-17-6-4-3-5-16(17)22/h2-10H,1,11-13H2,(H,23,27). The molecule has 1 N–H and O–H groups in total. The van der Waals surface area contributed by atoms with Crippen LogP contribution < -0.4 is 5.32 Å². The van der Waals surface area contributed by atoms with E-state index in [9.17, 15) is 4.79 Å². The van der Waals surface area contributed by atoms with Crippen LogP contribution in [0.25, 0.3) is 11.4 Å². The number of hydrogen-bond donors (Lipinski definition) is 1. The Balaban J connectivity index is 1.62. The van der Waals surface area contributed by atoms with Gasteiger partial charge in [-0.05, 0) is 24.3 Å². The molecule has 144 valence electrons. The van der Waals surface area contributed by atoms with Crippen molar-refractivity contribution in [1.29, 1.82) is 0 Å². The van der Waals surface area contributed by atoms with E-state index in [1.165, 1.54) is 11.8 Å². The summed E-state index contributed by atoms with van der Waals surface area (Å²) in [6, 6.07) is 15.1. The van der Waals surface area contributed by atoms with Crippen LogP contribution in [0.1, 0.15) is 6.42 Å². The zero-order chi connectivity index (χ0) is 19.9. The lowest BCUT2D eigenvalue weighted by atomic mass is 10.2. The van der Waals surface area contributed by atoms with Gasteiger partial charge < -0.3 is 5.32 Å². The lowest BCUT2D eigenvalue weighted by Crippen LogP contribution is -2.12. The molecule has 3 aromatic rings. The van der Waals surface area contributed by atoms with Gasteiger partial charge in [-0.2, -0.15) is 0 Å². The Hall–Kier alpha value is -2.09. The van der Waals surface area contributed by atoms with E-state index in [0.717, 1.165) is 15.9 Å². The normalized spacial score (nSPS) is 10.6. The van der Waals surface area contributed by atoms with Gasteiger partial charge in [-0.1, -0.05) is 69.6 Å². The molecule has 0 unspecified atom stereocenters. The third-order valence-electron chi connectivity index (χ3n) is 3.76. The molecule has 0 aliphatic rings. The average Bonchev–Trinajstić information content (AvgIpc) is 3.07. The fraction of sp³-hybridized carbons (Fsp3) is 0.150. The SMILES string of the molecule is C=CCn1nc(SCCC(=O)Nc2ccccc2Cl)nc1-c1ccc(Br)cc1. The summed E-state index contributed by atoms with van der Waals surface area (Å²) in [5, 5.41) is 8.49. The van der Waals surface area contributed by atoms with Gasteiger partial charge >= 0.3 is 0 Å². The van der Waals surface area contributed by atoms with Crippen molar-refractivity contribution in [3.8, 4) is 11.4 Å². The molecule has 0 radical (unpaired) electrons. The Morgan fingerprint density at radius 3 is 2.71 bits per heavy atom. The van der Waals surface area contributed by atoms with E-state index >= 15 is 0 Å². The molecule has 0 spiro atoms. The third-order valence-corrected chi connectivity index (χ3v) is 5.46. The van der Waals surface area contributed by atoms with Crippen molar-refractivity contribution >= 4 is 50.9 Å². The minimum Gasteiger partial charge on any atom is -0.325 e. The molecule has 1 aromatic heterocycles. The van der Waals surface area contributed by atoms with Gasteiger partial charge in [0.1, 0.15) is 0 Å². The van der Waals surface area contributed by atoms with Crippen LogP contribution in [0.2, 0.25) is 5.02 Å². The number of carbonyl (C=O) groups excluding carboxylic acids is 1. The van der Waals surface area contributed by atoms with Crippen LogP contribution in [-0.2, 0) is 11.3 Å². The fourth-order valence-corrected chi connectivity index (χ4v) is 3.68. The zero-order valence-corrected chi connectivity index (χ0v) is 18.1. The molecule has 0 atom stereocenters. The van der Waals surface area contributed by atoms with E-state index in [2.05, 4.69) is 37.9 Å². The Morgan fingerprint density at radius 1 is 1.25 bits per heavy atom. The van der Waals surface area contributed by atoms with Crippen molar-refractivity contribution in [1.82, 2.24) is 14.8 Å². The predicted molar refractivity (Wildman–Crippen MR) is 119 cm³/mol. The first-order chi connectivity index (χ1) is 13.6. The van der Waals surface area contributed by atoms with Crippen LogP contribution in [-0.4, -0.2) is 26.4 Å². The van der Waals surface area contributed by atoms with E-state index in [4.69, 9.17) is 11.6 Å². The average molecular weight is 478 g/mol. The van der Waals surface area contributed by atoms with E-state index in [0.29, 0.717) is 34.6 Å². The molecule has 1 amide bonds. The summed E-state index contributed by atoms with van der Waals surface area (Å²) in [5.74, 6) is 1.24. The van der Waals surface area contributed by atoms with Gasteiger partial charge in [-0.25, -0.2) is 9.67 Å².